The number of aryl methyl sites for hydroxylation is 1. The molecule has 0 bridgehead atoms. The summed E-state index contributed by atoms with van der Waals surface area (Å²) in [7, 11) is 1.88. The Labute approximate surface area is 169 Å². The molecule has 1 aromatic heterocycles. The van der Waals surface area contributed by atoms with Gasteiger partial charge in [0.2, 0.25) is 0 Å². The average molecular weight is 400 g/mol. The average Bonchev–Trinajstić information content (AvgIpc) is 3.36. The Bertz CT molecular complexity index is 904. The number of amides is 3. The number of anilines is 1. The smallest absolute Gasteiger partial charge is 0.322 e. The number of benzene rings is 1. The van der Waals surface area contributed by atoms with Crippen molar-refractivity contribution in [1.82, 2.24) is 19.6 Å². The van der Waals surface area contributed by atoms with Gasteiger partial charge in [0, 0.05) is 54.9 Å². The van der Waals surface area contributed by atoms with Crippen molar-refractivity contribution in [2.24, 2.45) is 7.05 Å². The monoisotopic (exact) mass is 399 g/mol. The number of urea groups is 1. The number of hydrogen-bond acceptors (Lipinski definition) is 4. The zero-order valence-corrected chi connectivity index (χ0v) is 17.1. The minimum absolute atomic E-state index is 0.00993. The van der Waals surface area contributed by atoms with E-state index in [-0.39, 0.29) is 11.9 Å². The maximum absolute atomic E-state index is 12.9. The lowest BCUT2D eigenvalue weighted by Crippen LogP contribution is -2.40. The molecule has 3 heterocycles. The summed E-state index contributed by atoms with van der Waals surface area (Å²) in [5.74, 6) is -0.00993. The molecule has 0 saturated carbocycles. The molecule has 1 aromatic carbocycles. The van der Waals surface area contributed by atoms with Crippen molar-refractivity contribution in [2.45, 2.75) is 30.7 Å². The van der Waals surface area contributed by atoms with E-state index in [0.29, 0.717) is 25.2 Å². The first kappa shape index (κ1) is 18.9. The van der Waals surface area contributed by atoms with Crippen LogP contribution in [0.25, 0.3) is 0 Å². The van der Waals surface area contributed by atoms with Crippen LogP contribution in [0, 0.1) is 0 Å². The van der Waals surface area contributed by atoms with Crippen LogP contribution in [0.1, 0.15) is 34.6 Å². The van der Waals surface area contributed by atoms with Crippen LogP contribution < -0.4 is 5.32 Å². The second-order valence-corrected chi connectivity index (χ2v) is 8.11. The molecule has 0 aliphatic carbocycles. The third-order valence-corrected chi connectivity index (χ3v) is 6.17. The van der Waals surface area contributed by atoms with Crippen molar-refractivity contribution in [3.63, 3.8) is 0 Å². The Morgan fingerprint density at radius 2 is 1.93 bits per heavy atom. The number of hydrogen-bond donors (Lipinski definition) is 1. The molecule has 4 rings (SSSR count). The van der Waals surface area contributed by atoms with E-state index >= 15 is 0 Å². The van der Waals surface area contributed by atoms with Crippen LogP contribution in [0.2, 0.25) is 0 Å². The topological polar surface area (TPSA) is 70.5 Å². The summed E-state index contributed by atoms with van der Waals surface area (Å²) in [4.78, 5) is 30.4. The molecule has 148 valence electrons. The molecule has 0 unspecified atom stereocenters. The fourth-order valence-electron chi connectivity index (χ4n) is 3.91. The van der Waals surface area contributed by atoms with Crippen molar-refractivity contribution in [3.05, 3.63) is 41.2 Å². The fraction of sp³-hybridized carbons (Fsp3) is 0.450. The lowest BCUT2D eigenvalue weighted by atomic mass is 10.0. The van der Waals surface area contributed by atoms with Gasteiger partial charge in [0.1, 0.15) is 0 Å². The SMILES string of the molecule is CSc1cccc(NC(=O)N2CCc3c(c(C(=O)N4CCCC4)nn3C)C2)c1. The van der Waals surface area contributed by atoms with Crippen LogP contribution in [-0.4, -0.2) is 57.4 Å². The number of aromatic nitrogens is 2. The molecule has 1 fully saturated rings. The van der Waals surface area contributed by atoms with E-state index in [0.717, 1.165) is 47.8 Å². The van der Waals surface area contributed by atoms with E-state index in [4.69, 9.17) is 0 Å². The zero-order chi connectivity index (χ0) is 19.7. The first-order valence-electron chi connectivity index (χ1n) is 9.61. The third kappa shape index (κ3) is 3.61. The number of nitrogens with one attached hydrogen (secondary N) is 1. The van der Waals surface area contributed by atoms with Crippen molar-refractivity contribution in [2.75, 3.05) is 31.2 Å². The van der Waals surface area contributed by atoms with Gasteiger partial charge in [-0.05, 0) is 37.3 Å². The van der Waals surface area contributed by atoms with Crippen molar-refractivity contribution in [1.29, 1.82) is 0 Å². The first-order valence-corrected chi connectivity index (χ1v) is 10.8. The highest BCUT2D eigenvalue weighted by molar-refractivity contribution is 7.98. The highest BCUT2D eigenvalue weighted by Gasteiger charge is 2.32. The number of thioether (sulfide) groups is 1. The van der Waals surface area contributed by atoms with E-state index in [1.807, 2.05) is 42.5 Å². The second-order valence-electron chi connectivity index (χ2n) is 7.23. The van der Waals surface area contributed by atoms with Gasteiger partial charge in [-0.25, -0.2) is 4.79 Å². The predicted molar refractivity (Wildman–Crippen MR) is 110 cm³/mol. The van der Waals surface area contributed by atoms with Crippen LogP contribution in [0.5, 0.6) is 0 Å². The standard InChI is InChI=1S/C20H25N5O2S/c1-23-17-8-11-25(20(27)21-14-6-5-7-15(12-14)28-2)13-16(17)18(22-23)19(26)24-9-3-4-10-24/h5-7,12H,3-4,8-11,13H2,1-2H3,(H,21,27). The Balaban J connectivity index is 1.52. The van der Waals surface area contributed by atoms with Gasteiger partial charge < -0.3 is 15.1 Å². The Morgan fingerprint density at radius 1 is 1.14 bits per heavy atom. The van der Waals surface area contributed by atoms with Crippen LogP contribution in [-0.2, 0) is 20.0 Å². The summed E-state index contributed by atoms with van der Waals surface area (Å²) in [5.41, 5.74) is 3.22. The summed E-state index contributed by atoms with van der Waals surface area (Å²) in [6, 6.07) is 7.65. The van der Waals surface area contributed by atoms with E-state index in [9.17, 15) is 9.59 Å². The largest absolute Gasteiger partial charge is 0.337 e. The molecule has 8 heteroatoms. The number of nitrogens with zero attached hydrogens (tertiary/aromatic N) is 4. The lowest BCUT2D eigenvalue weighted by Gasteiger charge is -2.28. The molecule has 3 amide bonds. The third-order valence-electron chi connectivity index (χ3n) is 5.45. The number of rotatable bonds is 3. The number of carbonyl (C=O) groups is 2. The van der Waals surface area contributed by atoms with Gasteiger partial charge in [0.25, 0.3) is 5.91 Å². The molecule has 28 heavy (non-hydrogen) atoms. The van der Waals surface area contributed by atoms with Gasteiger partial charge in [0.05, 0.1) is 6.54 Å². The minimum atomic E-state index is -0.146. The van der Waals surface area contributed by atoms with Gasteiger partial charge in [-0.15, -0.1) is 11.8 Å². The zero-order valence-electron chi connectivity index (χ0n) is 16.3. The van der Waals surface area contributed by atoms with Crippen molar-refractivity contribution in [3.8, 4) is 0 Å². The number of carbonyl (C=O) groups excluding carboxylic acids is 2. The molecule has 2 aliphatic heterocycles. The predicted octanol–water partition coefficient (Wildman–Crippen LogP) is 2.97. The molecule has 7 nitrogen and oxygen atoms in total. The van der Waals surface area contributed by atoms with Gasteiger partial charge in [0.15, 0.2) is 5.69 Å². The van der Waals surface area contributed by atoms with Crippen molar-refractivity contribution < 1.29 is 9.59 Å². The van der Waals surface area contributed by atoms with Crippen molar-refractivity contribution >= 4 is 29.4 Å². The Morgan fingerprint density at radius 3 is 2.68 bits per heavy atom. The molecular weight excluding hydrogens is 374 g/mol. The van der Waals surface area contributed by atoms with Crippen LogP contribution in [0.4, 0.5) is 10.5 Å². The van der Waals surface area contributed by atoms with E-state index in [1.165, 1.54) is 0 Å². The Hall–Kier alpha value is -2.48. The molecule has 2 aromatic rings. The lowest BCUT2D eigenvalue weighted by molar-refractivity contribution is 0.0784. The second kappa shape index (κ2) is 7.87. The summed E-state index contributed by atoms with van der Waals surface area (Å²) < 4.78 is 1.80. The molecule has 0 spiro atoms. The van der Waals surface area contributed by atoms with E-state index in [2.05, 4.69) is 10.4 Å². The molecule has 0 atom stereocenters. The van der Waals surface area contributed by atoms with E-state index < -0.39 is 0 Å². The van der Waals surface area contributed by atoms with Gasteiger partial charge in [-0.2, -0.15) is 5.10 Å². The normalized spacial score (nSPS) is 16.2. The molecule has 0 radical (unpaired) electrons. The van der Waals surface area contributed by atoms with Crippen LogP contribution in [0.3, 0.4) is 0 Å². The number of fused-ring (bicyclic) bond motifs is 1. The summed E-state index contributed by atoms with van der Waals surface area (Å²) in [6.07, 6.45) is 4.80. The molecular formula is C20H25N5O2S. The summed E-state index contributed by atoms with van der Waals surface area (Å²) >= 11 is 1.64. The highest BCUT2D eigenvalue weighted by Crippen LogP contribution is 2.25. The Kier molecular flexibility index (Phi) is 5.30. The minimum Gasteiger partial charge on any atom is -0.337 e. The molecule has 1 saturated heterocycles. The molecule has 2 aliphatic rings. The quantitative estimate of drug-likeness (QED) is 0.806. The van der Waals surface area contributed by atoms with Gasteiger partial charge >= 0.3 is 6.03 Å². The van der Waals surface area contributed by atoms with Gasteiger partial charge in [-0.1, -0.05) is 6.07 Å². The highest BCUT2D eigenvalue weighted by atomic mass is 32.2. The van der Waals surface area contributed by atoms with Crippen LogP contribution >= 0.6 is 11.8 Å². The maximum atomic E-state index is 12.9. The van der Waals surface area contributed by atoms with E-state index in [1.54, 1.807) is 21.3 Å². The maximum Gasteiger partial charge on any atom is 0.322 e. The van der Waals surface area contributed by atoms with Crippen LogP contribution in [0.15, 0.2) is 29.2 Å². The summed E-state index contributed by atoms with van der Waals surface area (Å²) in [6.45, 7) is 2.60. The fourth-order valence-corrected chi connectivity index (χ4v) is 4.37. The first-order chi connectivity index (χ1) is 13.6. The number of likely N-dealkylation sites (tertiary alicyclic amines) is 1. The van der Waals surface area contributed by atoms with Gasteiger partial charge in [-0.3, -0.25) is 9.48 Å². The molecule has 1 N–H and O–H groups in total. The summed E-state index contributed by atoms with van der Waals surface area (Å²) in [5, 5.41) is 7.48.